The van der Waals surface area contributed by atoms with E-state index >= 15 is 0 Å². The van der Waals surface area contributed by atoms with E-state index in [2.05, 4.69) is 15.2 Å². The lowest BCUT2D eigenvalue weighted by Gasteiger charge is -2.34. The topological polar surface area (TPSA) is 74.0 Å². The first-order chi connectivity index (χ1) is 11.0. The maximum Gasteiger partial charge on any atom is 0.343 e. The number of amides is 2. The molecule has 0 atom stereocenters. The maximum absolute atomic E-state index is 11.5. The summed E-state index contributed by atoms with van der Waals surface area (Å²) in [5, 5.41) is 3.35. The van der Waals surface area contributed by atoms with Gasteiger partial charge in [-0.3, -0.25) is 9.80 Å². The number of urea groups is 1. The molecular formula is C15H21Cl2N5O. The maximum atomic E-state index is 11.5. The zero-order chi connectivity index (χ0) is 16.8. The van der Waals surface area contributed by atoms with Crippen molar-refractivity contribution < 1.29 is 4.79 Å². The van der Waals surface area contributed by atoms with Crippen LogP contribution in [0.25, 0.3) is 0 Å². The fourth-order valence-electron chi connectivity index (χ4n) is 2.53. The van der Waals surface area contributed by atoms with Crippen LogP contribution in [0.3, 0.4) is 0 Å². The van der Waals surface area contributed by atoms with Gasteiger partial charge < -0.3 is 11.1 Å². The lowest BCUT2D eigenvalue weighted by Crippen LogP contribution is -2.47. The highest BCUT2D eigenvalue weighted by molar-refractivity contribution is 6.40. The van der Waals surface area contributed by atoms with Crippen molar-refractivity contribution in [1.82, 2.24) is 10.2 Å². The molecule has 1 aromatic carbocycles. The predicted molar refractivity (Wildman–Crippen MR) is 95.3 cm³/mol. The van der Waals surface area contributed by atoms with Gasteiger partial charge in [-0.05, 0) is 38.1 Å². The Morgan fingerprint density at radius 2 is 1.91 bits per heavy atom. The van der Waals surface area contributed by atoms with Gasteiger partial charge in [0.25, 0.3) is 0 Å². The summed E-state index contributed by atoms with van der Waals surface area (Å²) >= 11 is 12.6. The molecule has 23 heavy (non-hydrogen) atoms. The molecule has 6 nitrogen and oxygen atoms in total. The number of nitrogens with zero attached hydrogens (tertiary/aromatic N) is 3. The second-order valence-corrected chi connectivity index (χ2v) is 6.16. The van der Waals surface area contributed by atoms with Crippen molar-refractivity contribution in [2.75, 3.05) is 31.7 Å². The fourth-order valence-corrected chi connectivity index (χ4v) is 3.13. The molecule has 1 aromatic rings. The van der Waals surface area contributed by atoms with Gasteiger partial charge in [-0.15, -0.1) is 0 Å². The van der Waals surface area contributed by atoms with Crippen LogP contribution in [-0.2, 0) is 0 Å². The number of guanidine groups is 1. The van der Waals surface area contributed by atoms with Gasteiger partial charge in [-0.2, -0.15) is 4.99 Å². The Kier molecular flexibility index (Phi) is 6.50. The van der Waals surface area contributed by atoms with E-state index in [0.29, 0.717) is 22.4 Å². The molecule has 0 aromatic heterocycles. The number of nitrogens with one attached hydrogen (secondary N) is 1. The number of hydrogen-bond acceptors (Lipinski definition) is 2. The van der Waals surface area contributed by atoms with Crippen molar-refractivity contribution >= 4 is 40.9 Å². The number of para-hydroxylation sites is 1. The molecule has 3 N–H and O–H groups in total. The first-order valence-electron chi connectivity index (χ1n) is 7.52. The Labute approximate surface area is 146 Å². The average molecular weight is 358 g/mol. The van der Waals surface area contributed by atoms with E-state index in [-0.39, 0.29) is 5.96 Å². The first kappa shape index (κ1) is 17.8. The number of carbonyl (C=O) groups is 1. The molecule has 2 rings (SSSR count). The smallest absolute Gasteiger partial charge is 0.343 e. The van der Waals surface area contributed by atoms with Gasteiger partial charge in [0.1, 0.15) is 0 Å². The number of piperidine rings is 1. The third-order valence-corrected chi connectivity index (χ3v) is 4.31. The number of aliphatic imine (C=N–C) groups is 1. The van der Waals surface area contributed by atoms with Crippen molar-refractivity contribution in [2.24, 2.45) is 10.7 Å². The van der Waals surface area contributed by atoms with E-state index in [0.717, 1.165) is 25.9 Å². The first-order valence-corrected chi connectivity index (χ1v) is 8.28. The molecule has 2 amide bonds. The van der Waals surface area contributed by atoms with E-state index in [9.17, 15) is 4.79 Å². The zero-order valence-corrected chi connectivity index (χ0v) is 14.6. The van der Waals surface area contributed by atoms with Gasteiger partial charge in [0.15, 0.2) is 0 Å². The standard InChI is InChI=1S/C15H21Cl2N5O/c1-19-15(23)20-14(18)22(10-21-8-3-2-4-9-21)13-11(16)6-5-7-12(13)17/h5-7H,2-4,8-10H2,1H3,(H3,18,19,20,23). The molecule has 1 aliphatic heterocycles. The summed E-state index contributed by atoms with van der Waals surface area (Å²) in [6.07, 6.45) is 3.50. The van der Waals surface area contributed by atoms with E-state index in [1.807, 2.05) is 0 Å². The van der Waals surface area contributed by atoms with Crippen LogP contribution in [-0.4, -0.2) is 43.7 Å². The van der Waals surface area contributed by atoms with Gasteiger partial charge in [-0.25, -0.2) is 4.79 Å². The number of benzene rings is 1. The highest BCUT2D eigenvalue weighted by Crippen LogP contribution is 2.33. The van der Waals surface area contributed by atoms with Crippen LogP contribution in [0.15, 0.2) is 23.2 Å². The second kappa shape index (κ2) is 8.38. The highest BCUT2D eigenvalue weighted by Gasteiger charge is 2.22. The SMILES string of the molecule is CNC(=O)N=C(N)N(CN1CCCCC1)c1c(Cl)cccc1Cl. The molecule has 0 aliphatic carbocycles. The number of anilines is 1. The zero-order valence-electron chi connectivity index (χ0n) is 13.1. The molecule has 0 unspecified atom stereocenters. The third kappa shape index (κ3) is 4.73. The van der Waals surface area contributed by atoms with Crippen LogP contribution in [0.1, 0.15) is 19.3 Å². The van der Waals surface area contributed by atoms with Crippen LogP contribution in [0.2, 0.25) is 10.0 Å². The predicted octanol–water partition coefficient (Wildman–Crippen LogP) is 2.90. The van der Waals surface area contributed by atoms with Crippen LogP contribution in [0.5, 0.6) is 0 Å². The molecule has 0 spiro atoms. The minimum absolute atomic E-state index is 0.0601. The molecule has 0 bridgehead atoms. The van der Waals surface area contributed by atoms with Crippen LogP contribution in [0, 0.1) is 0 Å². The number of likely N-dealkylation sites (tertiary alicyclic amines) is 1. The quantitative estimate of drug-likeness (QED) is 0.644. The Bertz CT molecular complexity index is 567. The van der Waals surface area contributed by atoms with E-state index in [1.54, 1.807) is 23.1 Å². The number of carbonyl (C=O) groups excluding carboxylic acids is 1. The molecule has 1 aliphatic rings. The summed E-state index contributed by atoms with van der Waals surface area (Å²) < 4.78 is 0. The lowest BCUT2D eigenvalue weighted by atomic mass is 10.1. The van der Waals surface area contributed by atoms with Gasteiger partial charge in [0.2, 0.25) is 5.96 Å². The minimum atomic E-state index is -0.519. The summed E-state index contributed by atoms with van der Waals surface area (Å²) in [6.45, 7) is 2.41. The number of hydrogen-bond donors (Lipinski definition) is 2. The average Bonchev–Trinajstić information content (AvgIpc) is 2.54. The van der Waals surface area contributed by atoms with Crippen molar-refractivity contribution in [3.63, 3.8) is 0 Å². The van der Waals surface area contributed by atoms with Crippen molar-refractivity contribution in [1.29, 1.82) is 0 Å². The van der Waals surface area contributed by atoms with Crippen LogP contribution >= 0.6 is 23.2 Å². The summed E-state index contributed by atoms with van der Waals surface area (Å²) in [5.41, 5.74) is 6.61. The van der Waals surface area contributed by atoms with E-state index < -0.39 is 6.03 Å². The molecule has 0 radical (unpaired) electrons. The summed E-state index contributed by atoms with van der Waals surface area (Å²) in [4.78, 5) is 19.3. The van der Waals surface area contributed by atoms with Gasteiger partial charge in [0, 0.05) is 7.05 Å². The van der Waals surface area contributed by atoms with Crippen LogP contribution in [0.4, 0.5) is 10.5 Å². The van der Waals surface area contributed by atoms with Crippen LogP contribution < -0.4 is 16.0 Å². The Morgan fingerprint density at radius 1 is 1.30 bits per heavy atom. The molecule has 1 fully saturated rings. The van der Waals surface area contributed by atoms with Gasteiger partial charge in [0.05, 0.1) is 22.4 Å². The number of rotatable bonds is 3. The van der Waals surface area contributed by atoms with Crippen molar-refractivity contribution in [3.05, 3.63) is 28.2 Å². The molecular weight excluding hydrogens is 337 g/mol. The summed E-state index contributed by atoms with van der Waals surface area (Å²) in [6, 6.07) is 4.71. The number of nitrogens with two attached hydrogens (primary N) is 1. The molecule has 0 saturated carbocycles. The molecule has 1 heterocycles. The summed E-state index contributed by atoms with van der Waals surface area (Å²) in [5.74, 6) is 0.0601. The largest absolute Gasteiger partial charge is 0.369 e. The van der Waals surface area contributed by atoms with Crippen molar-refractivity contribution in [3.8, 4) is 0 Å². The molecule has 1 saturated heterocycles. The normalized spacial score (nSPS) is 16.2. The Balaban J connectivity index is 2.34. The van der Waals surface area contributed by atoms with E-state index in [4.69, 9.17) is 28.9 Å². The molecule has 126 valence electrons. The Hall–Kier alpha value is -1.50. The number of halogens is 2. The third-order valence-electron chi connectivity index (χ3n) is 3.70. The van der Waals surface area contributed by atoms with Gasteiger partial charge in [-0.1, -0.05) is 35.7 Å². The van der Waals surface area contributed by atoms with Crippen molar-refractivity contribution in [2.45, 2.75) is 19.3 Å². The summed E-state index contributed by atoms with van der Waals surface area (Å²) in [7, 11) is 1.50. The monoisotopic (exact) mass is 357 g/mol. The fraction of sp³-hybridized carbons (Fsp3) is 0.467. The lowest BCUT2D eigenvalue weighted by molar-refractivity contribution is 0.235. The second-order valence-electron chi connectivity index (χ2n) is 5.34. The highest BCUT2D eigenvalue weighted by atomic mass is 35.5. The molecule has 8 heteroatoms. The minimum Gasteiger partial charge on any atom is -0.369 e. The Morgan fingerprint density at radius 3 is 2.48 bits per heavy atom. The van der Waals surface area contributed by atoms with Gasteiger partial charge >= 0.3 is 6.03 Å². The van der Waals surface area contributed by atoms with E-state index in [1.165, 1.54) is 13.5 Å².